The standard InChI is InChI=1S/C20H31N3O2/c1-20(2,3)18(21)19(25)22-16-11-13-23(14-12-16)17(24)10-9-15-7-5-4-6-8-15/h4-8,16,18H,9-14,21H2,1-3H3,(H,22,25)/t18-/m1/s1. The van der Waals surface area contributed by atoms with Crippen LogP contribution in [0, 0.1) is 5.41 Å². The number of nitrogens with one attached hydrogen (secondary N) is 1. The molecule has 0 bridgehead atoms. The van der Waals surface area contributed by atoms with Crippen molar-refractivity contribution in [2.24, 2.45) is 11.1 Å². The van der Waals surface area contributed by atoms with Gasteiger partial charge in [-0.05, 0) is 30.2 Å². The molecular weight excluding hydrogens is 314 g/mol. The van der Waals surface area contributed by atoms with Crippen molar-refractivity contribution >= 4 is 11.8 Å². The second-order valence-electron chi connectivity index (χ2n) is 7.99. The summed E-state index contributed by atoms with van der Waals surface area (Å²) in [4.78, 5) is 26.5. The third-order valence-corrected chi connectivity index (χ3v) is 4.88. The lowest BCUT2D eigenvalue weighted by atomic mass is 9.86. The molecule has 1 atom stereocenters. The van der Waals surface area contributed by atoms with E-state index in [9.17, 15) is 9.59 Å². The number of aryl methyl sites for hydroxylation is 1. The summed E-state index contributed by atoms with van der Waals surface area (Å²) < 4.78 is 0. The van der Waals surface area contributed by atoms with Gasteiger partial charge in [0.25, 0.3) is 0 Å². The summed E-state index contributed by atoms with van der Waals surface area (Å²) in [5.74, 6) is 0.0985. The Hall–Kier alpha value is -1.88. The van der Waals surface area contributed by atoms with Crippen LogP contribution in [0.15, 0.2) is 30.3 Å². The molecule has 0 unspecified atom stereocenters. The minimum absolute atomic E-state index is 0.0960. The van der Waals surface area contributed by atoms with Crippen molar-refractivity contribution in [3.63, 3.8) is 0 Å². The minimum Gasteiger partial charge on any atom is -0.352 e. The number of likely N-dealkylation sites (tertiary alicyclic amines) is 1. The zero-order chi connectivity index (χ0) is 18.4. The van der Waals surface area contributed by atoms with Crippen LogP contribution in [0.1, 0.15) is 45.6 Å². The predicted octanol–water partition coefficient (Wildman–Crippen LogP) is 2.10. The largest absolute Gasteiger partial charge is 0.352 e. The average molecular weight is 345 g/mol. The van der Waals surface area contributed by atoms with Gasteiger partial charge in [0.05, 0.1) is 6.04 Å². The Balaban J connectivity index is 1.73. The lowest BCUT2D eigenvalue weighted by molar-refractivity contribution is -0.132. The number of piperidine rings is 1. The normalized spacial score (nSPS) is 17.2. The molecule has 0 aromatic heterocycles. The fourth-order valence-corrected chi connectivity index (χ4v) is 3.01. The Labute approximate surface area is 151 Å². The van der Waals surface area contributed by atoms with Crippen LogP contribution in [0.2, 0.25) is 0 Å². The van der Waals surface area contributed by atoms with Crippen molar-refractivity contribution in [3.05, 3.63) is 35.9 Å². The Morgan fingerprint density at radius 3 is 2.36 bits per heavy atom. The molecule has 1 aromatic carbocycles. The summed E-state index contributed by atoms with van der Waals surface area (Å²) in [6.07, 6.45) is 2.89. The first-order chi connectivity index (χ1) is 11.8. The molecule has 0 saturated carbocycles. The minimum atomic E-state index is -0.516. The average Bonchev–Trinajstić information content (AvgIpc) is 2.59. The molecule has 25 heavy (non-hydrogen) atoms. The molecule has 138 valence electrons. The second-order valence-corrected chi connectivity index (χ2v) is 7.99. The van der Waals surface area contributed by atoms with Gasteiger partial charge >= 0.3 is 0 Å². The van der Waals surface area contributed by atoms with Gasteiger partial charge < -0.3 is 16.0 Å². The van der Waals surface area contributed by atoms with Crippen molar-refractivity contribution in [2.75, 3.05) is 13.1 Å². The molecule has 1 aliphatic rings. The highest BCUT2D eigenvalue weighted by molar-refractivity contribution is 5.82. The number of nitrogens with two attached hydrogens (primary N) is 1. The maximum atomic E-state index is 12.4. The molecule has 3 N–H and O–H groups in total. The fraction of sp³-hybridized carbons (Fsp3) is 0.600. The lowest BCUT2D eigenvalue weighted by Gasteiger charge is -2.34. The van der Waals surface area contributed by atoms with Gasteiger partial charge in [0.2, 0.25) is 11.8 Å². The van der Waals surface area contributed by atoms with E-state index in [2.05, 4.69) is 5.32 Å². The smallest absolute Gasteiger partial charge is 0.237 e. The Morgan fingerprint density at radius 1 is 1.20 bits per heavy atom. The molecule has 1 heterocycles. The number of hydrogen-bond acceptors (Lipinski definition) is 3. The number of rotatable bonds is 5. The third kappa shape index (κ3) is 5.85. The highest BCUT2D eigenvalue weighted by atomic mass is 16.2. The van der Waals surface area contributed by atoms with Gasteiger partial charge in [0.15, 0.2) is 0 Å². The first kappa shape index (κ1) is 19.4. The van der Waals surface area contributed by atoms with Gasteiger partial charge in [-0.1, -0.05) is 51.1 Å². The summed E-state index contributed by atoms with van der Waals surface area (Å²) in [6, 6.07) is 9.67. The topological polar surface area (TPSA) is 75.4 Å². The summed E-state index contributed by atoms with van der Waals surface area (Å²) >= 11 is 0. The van der Waals surface area contributed by atoms with Crippen LogP contribution in [-0.4, -0.2) is 41.9 Å². The monoisotopic (exact) mass is 345 g/mol. The van der Waals surface area contributed by atoms with Crippen LogP contribution in [-0.2, 0) is 16.0 Å². The lowest BCUT2D eigenvalue weighted by Crippen LogP contribution is -2.54. The molecule has 1 aliphatic heterocycles. The Bertz CT molecular complexity index is 572. The summed E-state index contributed by atoms with van der Waals surface area (Å²) in [6.45, 7) is 7.29. The molecule has 2 rings (SSSR count). The number of carbonyl (C=O) groups excluding carboxylic acids is 2. The molecule has 1 fully saturated rings. The van der Waals surface area contributed by atoms with Gasteiger partial charge in [-0.15, -0.1) is 0 Å². The number of benzene rings is 1. The SMILES string of the molecule is CC(C)(C)[C@H](N)C(=O)NC1CCN(C(=O)CCc2ccccc2)CC1. The van der Waals surface area contributed by atoms with Crippen LogP contribution in [0.3, 0.4) is 0 Å². The molecule has 1 aromatic rings. The number of hydrogen-bond donors (Lipinski definition) is 2. The van der Waals surface area contributed by atoms with Crippen molar-refractivity contribution in [3.8, 4) is 0 Å². The zero-order valence-corrected chi connectivity index (χ0v) is 15.6. The molecule has 0 spiro atoms. The Kier molecular flexibility index (Phi) is 6.59. The van der Waals surface area contributed by atoms with Crippen molar-refractivity contribution in [2.45, 2.75) is 58.5 Å². The van der Waals surface area contributed by atoms with Gasteiger partial charge in [0, 0.05) is 25.6 Å². The summed E-state index contributed by atoms with van der Waals surface area (Å²) in [5, 5.41) is 3.04. The van der Waals surface area contributed by atoms with Crippen LogP contribution >= 0.6 is 0 Å². The van der Waals surface area contributed by atoms with Gasteiger partial charge in [-0.2, -0.15) is 0 Å². The molecule has 1 saturated heterocycles. The maximum Gasteiger partial charge on any atom is 0.237 e. The molecule has 0 aliphatic carbocycles. The van der Waals surface area contributed by atoms with E-state index in [1.165, 1.54) is 5.56 Å². The molecule has 2 amide bonds. The number of amides is 2. The molecule has 5 nitrogen and oxygen atoms in total. The van der Waals surface area contributed by atoms with Gasteiger partial charge in [-0.3, -0.25) is 9.59 Å². The first-order valence-electron chi connectivity index (χ1n) is 9.15. The maximum absolute atomic E-state index is 12.4. The van der Waals surface area contributed by atoms with E-state index in [-0.39, 0.29) is 23.3 Å². The van der Waals surface area contributed by atoms with E-state index >= 15 is 0 Å². The molecular formula is C20H31N3O2. The fourth-order valence-electron chi connectivity index (χ4n) is 3.01. The van der Waals surface area contributed by atoms with E-state index < -0.39 is 6.04 Å². The Morgan fingerprint density at radius 2 is 1.80 bits per heavy atom. The van der Waals surface area contributed by atoms with Crippen molar-refractivity contribution in [1.82, 2.24) is 10.2 Å². The molecule has 5 heteroatoms. The number of carbonyl (C=O) groups is 2. The summed E-state index contributed by atoms with van der Waals surface area (Å²) in [7, 11) is 0. The van der Waals surface area contributed by atoms with Crippen molar-refractivity contribution < 1.29 is 9.59 Å². The highest BCUT2D eigenvalue weighted by Gasteiger charge is 2.30. The van der Waals surface area contributed by atoms with Crippen LogP contribution < -0.4 is 11.1 Å². The molecule has 0 radical (unpaired) electrons. The summed E-state index contributed by atoms with van der Waals surface area (Å²) in [5.41, 5.74) is 6.94. The van der Waals surface area contributed by atoms with E-state index in [1.54, 1.807) is 0 Å². The number of nitrogens with zero attached hydrogens (tertiary/aromatic N) is 1. The van der Waals surface area contributed by atoms with Crippen molar-refractivity contribution in [1.29, 1.82) is 0 Å². The quantitative estimate of drug-likeness (QED) is 0.858. The second kappa shape index (κ2) is 8.48. The van der Waals surface area contributed by atoms with E-state index in [0.29, 0.717) is 19.5 Å². The van der Waals surface area contributed by atoms with Crippen LogP contribution in [0.25, 0.3) is 0 Å². The van der Waals surface area contributed by atoms with Gasteiger partial charge in [-0.25, -0.2) is 0 Å². The third-order valence-electron chi connectivity index (χ3n) is 4.88. The first-order valence-corrected chi connectivity index (χ1v) is 9.15. The van der Waals surface area contributed by atoms with Crippen LogP contribution in [0.5, 0.6) is 0 Å². The van der Waals surface area contributed by atoms with E-state index in [0.717, 1.165) is 19.3 Å². The van der Waals surface area contributed by atoms with Gasteiger partial charge in [0.1, 0.15) is 0 Å². The highest BCUT2D eigenvalue weighted by Crippen LogP contribution is 2.18. The zero-order valence-electron chi connectivity index (χ0n) is 15.6. The van der Waals surface area contributed by atoms with Crippen LogP contribution in [0.4, 0.5) is 0 Å². The van der Waals surface area contributed by atoms with E-state index in [4.69, 9.17) is 5.73 Å². The van der Waals surface area contributed by atoms with E-state index in [1.807, 2.05) is 56.0 Å². The predicted molar refractivity (Wildman–Crippen MR) is 99.9 cm³/mol.